The molecule has 0 radical (unpaired) electrons. The molecule has 5 rings (SSSR count). The van der Waals surface area contributed by atoms with Crippen LogP contribution in [0, 0.1) is 17.1 Å². The Morgan fingerprint density at radius 1 is 1.03 bits per heavy atom. The highest BCUT2D eigenvalue weighted by Gasteiger charge is 2.51. The Kier molecular flexibility index (Phi) is 6.53. The Hall–Kier alpha value is -4.02. The minimum atomic E-state index is -0.663. The van der Waals surface area contributed by atoms with Crippen LogP contribution in [-0.4, -0.2) is 46.4 Å². The lowest BCUT2D eigenvalue weighted by Crippen LogP contribution is -2.59. The lowest BCUT2D eigenvalue weighted by atomic mass is 9.94. The van der Waals surface area contributed by atoms with Crippen molar-refractivity contribution in [3.8, 4) is 6.07 Å². The molecule has 3 aromatic carbocycles. The monoisotopic (exact) mass is 482 g/mol. The van der Waals surface area contributed by atoms with Crippen LogP contribution in [0.4, 0.5) is 4.39 Å². The first kappa shape index (κ1) is 23.7. The molecule has 0 saturated carbocycles. The first-order chi connectivity index (χ1) is 17.5. The zero-order valence-electron chi connectivity index (χ0n) is 19.9. The summed E-state index contributed by atoms with van der Waals surface area (Å²) in [5.41, 5.74) is 1.78. The number of piperidine rings is 1. The van der Waals surface area contributed by atoms with Crippen molar-refractivity contribution >= 4 is 11.8 Å². The minimum absolute atomic E-state index is 0.0522. The molecule has 2 amide bonds. The maximum atomic E-state index is 14.6. The number of halogens is 1. The molecule has 0 aliphatic carbocycles. The topological polar surface area (TPSA) is 76.4 Å². The molecule has 2 aliphatic rings. The quantitative estimate of drug-likeness (QED) is 0.599. The van der Waals surface area contributed by atoms with Gasteiger partial charge in [-0.15, -0.1) is 0 Å². The Balaban J connectivity index is 1.38. The van der Waals surface area contributed by atoms with E-state index in [0.29, 0.717) is 49.0 Å². The van der Waals surface area contributed by atoms with Crippen LogP contribution in [0.5, 0.6) is 0 Å². The molecule has 1 atom stereocenters. The average molecular weight is 483 g/mol. The summed E-state index contributed by atoms with van der Waals surface area (Å²) >= 11 is 0. The van der Waals surface area contributed by atoms with Crippen molar-refractivity contribution in [3.63, 3.8) is 0 Å². The summed E-state index contributed by atoms with van der Waals surface area (Å²) in [6.45, 7) is 1.06. The molecule has 3 aromatic rings. The Bertz CT molecular complexity index is 1310. The molecule has 182 valence electrons. The van der Waals surface area contributed by atoms with Crippen molar-refractivity contribution in [3.05, 3.63) is 107 Å². The number of nitrogens with one attached hydrogen (secondary N) is 1. The second-order valence-electron chi connectivity index (χ2n) is 9.42. The van der Waals surface area contributed by atoms with E-state index in [1.54, 1.807) is 52.3 Å². The molecule has 1 N–H and O–H groups in total. The molecule has 7 heteroatoms. The Labute approximate surface area is 209 Å². The summed E-state index contributed by atoms with van der Waals surface area (Å²) in [7, 11) is 0. The van der Waals surface area contributed by atoms with E-state index in [9.17, 15) is 19.2 Å². The molecule has 0 bridgehead atoms. The van der Waals surface area contributed by atoms with Crippen LogP contribution in [0.15, 0.2) is 78.9 Å². The summed E-state index contributed by atoms with van der Waals surface area (Å²) in [4.78, 5) is 30.3. The molecule has 6 nitrogen and oxygen atoms in total. The van der Waals surface area contributed by atoms with E-state index in [2.05, 4.69) is 11.4 Å². The number of nitrogens with zero attached hydrogens (tertiary/aromatic N) is 3. The predicted octanol–water partition coefficient (Wildman–Crippen LogP) is 3.87. The van der Waals surface area contributed by atoms with Gasteiger partial charge in [0.1, 0.15) is 5.82 Å². The van der Waals surface area contributed by atoms with E-state index >= 15 is 0 Å². The molecule has 2 aliphatic heterocycles. The smallest absolute Gasteiger partial charge is 0.253 e. The van der Waals surface area contributed by atoms with Gasteiger partial charge in [0.25, 0.3) is 5.91 Å². The normalized spacial score (nSPS) is 18.9. The van der Waals surface area contributed by atoms with Gasteiger partial charge >= 0.3 is 0 Å². The average Bonchev–Trinajstić information content (AvgIpc) is 3.15. The summed E-state index contributed by atoms with van der Waals surface area (Å²) in [5.74, 6) is -0.520. The zero-order valence-corrected chi connectivity index (χ0v) is 19.9. The Morgan fingerprint density at radius 3 is 2.47 bits per heavy atom. The molecule has 2 fully saturated rings. The van der Waals surface area contributed by atoms with E-state index in [1.165, 1.54) is 6.07 Å². The lowest BCUT2D eigenvalue weighted by molar-refractivity contribution is -0.134. The van der Waals surface area contributed by atoms with Crippen LogP contribution in [0.25, 0.3) is 0 Å². The maximum Gasteiger partial charge on any atom is 0.253 e. The van der Waals surface area contributed by atoms with Gasteiger partial charge in [-0.2, -0.15) is 5.26 Å². The first-order valence-electron chi connectivity index (χ1n) is 12.1. The summed E-state index contributed by atoms with van der Waals surface area (Å²) in [6, 6.07) is 24.7. The molecule has 0 aromatic heterocycles. The van der Waals surface area contributed by atoms with Crippen molar-refractivity contribution in [2.45, 2.75) is 37.5 Å². The van der Waals surface area contributed by atoms with E-state index in [1.807, 2.05) is 30.3 Å². The van der Waals surface area contributed by atoms with Gasteiger partial charge in [-0.3, -0.25) is 14.9 Å². The number of benzene rings is 3. The number of hydrogen-bond acceptors (Lipinski definition) is 4. The van der Waals surface area contributed by atoms with Crippen LogP contribution in [0.1, 0.15) is 39.9 Å². The van der Waals surface area contributed by atoms with Crippen molar-refractivity contribution < 1.29 is 14.0 Å². The number of likely N-dealkylation sites (tertiary alicyclic amines) is 1. The molecule has 2 heterocycles. The van der Waals surface area contributed by atoms with Gasteiger partial charge in [-0.1, -0.05) is 54.6 Å². The summed E-state index contributed by atoms with van der Waals surface area (Å²) in [6.07, 6.45) is 1.60. The van der Waals surface area contributed by atoms with Gasteiger partial charge in [-0.25, -0.2) is 4.39 Å². The molecule has 2 saturated heterocycles. The van der Waals surface area contributed by atoms with Gasteiger partial charge in [0, 0.05) is 37.1 Å². The number of carbonyl (C=O) groups excluding carboxylic acids is 2. The first-order valence-corrected chi connectivity index (χ1v) is 12.1. The maximum absolute atomic E-state index is 14.6. The molecule has 1 unspecified atom stereocenters. The number of rotatable bonds is 5. The van der Waals surface area contributed by atoms with Crippen LogP contribution in [0.2, 0.25) is 0 Å². The van der Waals surface area contributed by atoms with Crippen LogP contribution < -0.4 is 5.32 Å². The van der Waals surface area contributed by atoms with Gasteiger partial charge in [-0.05, 0) is 36.2 Å². The fraction of sp³-hybridized carbons (Fsp3) is 0.276. The van der Waals surface area contributed by atoms with E-state index in [-0.39, 0.29) is 24.2 Å². The zero-order chi connectivity index (χ0) is 25.1. The fourth-order valence-electron chi connectivity index (χ4n) is 5.28. The standard InChI is InChI=1S/C29H27FN4O2/c30-25-12-5-4-10-24(25)20-34-28(36)26(18-21-7-2-1-3-8-21)32-29(34)13-15-33(16-14-29)27(35)23-11-6-9-22(17-23)19-31/h1-12,17,26,32H,13-16,18,20H2. The SMILES string of the molecule is N#Cc1cccc(C(=O)N2CCC3(CC2)NC(Cc2ccccc2)C(=O)N3Cc2ccccc2F)c1. The lowest BCUT2D eigenvalue weighted by Gasteiger charge is -2.44. The number of carbonyl (C=O) groups is 2. The van der Waals surface area contributed by atoms with Crippen LogP contribution in [-0.2, 0) is 17.8 Å². The molecular weight excluding hydrogens is 455 g/mol. The molecular formula is C29H27FN4O2. The molecule has 1 spiro atoms. The molecule has 36 heavy (non-hydrogen) atoms. The van der Waals surface area contributed by atoms with Crippen molar-refractivity contribution in [1.82, 2.24) is 15.1 Å². The third kappa shape index (κ3) is 4.60. The van der Waals surface area contributed by atoms with E-state index in [0.717, 1.165) is 5.56 Å². The summed E-state index contributed by atoms with van der Waals surface area (Å²) in [5, 5.41) is 12.8. The van der Waals surface area contributed by atoms with Gasteiger partial charge in [0.2, 0.25) is 5.91 Å². The number of nitriles is 1. The Morgan fingerprint density at radius 2 is 1.75 bits per heavy atom. The third-order valence-corrected chi connectivity index (χ3v) is 7.21. The van der Waals surface area contributed by atoms with Crippen molar-refractivity contribution in [2.24, 2.45) is 0 Å². The second-order valence-corrected chi connectivity index (χ2v) is 9.42. The minimum Gasteiger partial charge on any atom is -0.338 e. The second kappa shape index (κ2) is 9.92. The largest absolute Gasteiger partial charge is 0.338 e. The summed E-state index contributed by atoms with van der Waals surface area (Å²) < 4.78 is 14.6. The van der Waals surface area contributed by atoms with E-state index < -0.39 is 11.7 Å². The predicted molar refractivity (Wildman–Crippen MR) is 133 cm³/mol. The fourth-order valence-corrected chi connectivity index (χ4v) is 5.28. The highest BCUT2D eigenvalue weighted by molar-refractivity contribution is 5.94. The van der Waals surface area contributed by atoms with Gasteiger partial charge in [0.15, 0.2) is 0 Å². The van der Waals surface area contributed by atoms with Gasteiger partial charge in [0.05, 0.1) is 29.9 Å². The van der Waals surface area contributed by atoms with Crippen molar-refractivity contribution in [2.75, 3.05) is 13.1 Å². The van der Waals surface area contributed by atoms with Gasteiger partial charge < -0.3 is 9.80 Å². The highest BCUT2D eigenvalue weighted by Crippen LogP contribution is 2.35. The highest BCUT2D eigenvalue weighted by atomic mass is 19.1. The van der Waals surface area contributed by atoms with Crippen LogP contribution in [0.3, 0.4) is 0 Å². The number of hydrogen-bond donors (Lipinski definition) is 1. The van der Waals surface area contributed by atoms with Crippen molar-refractivity contribution in [1.29, 1.82) is 5.26 Å². The van der Waals surface area contributed by atoms with E-state index in [4.69, 9.17) is 0 Å². The third-order valence-electron chi connectivity index (χ3n) is 7.21. The van der Waals surface area contributed by atoms with Crippen LogP contribution >= 0.6 is 0 Å². The number of amides is 2.